The van der Waals surface area contributed by atoms with Crippen molar-refractivity contribution >= 4 is 51.5 Å². The number of carbonyl (C=O) groups excluding carboxylic acids is 1. The van der Waals surface area contributed by atoms with E-state index >= 15 is 0 Å². The number of anilines is 1. The molecular weight excluding hydrogens is 453 g/mol. The zero-order valence-electron chi connectivity index (χ0n) is 16.2. The van der Waals surface area contributed by atoms with Crippen molar-refractivity contribution in [2.24, 2.45) is 0 Å². The summed E-state index contributed by atoms with van der Waals surface area (Å²) in [7, 11) is 0. The Morgan fingerprint density at radius 2 is 1.97 bits per heavy atom. The number of hydrogen-bond donors (Lipinski definition) is 1. The van der Waals surface area contributed by atoms with Gasteiger partial charge < -0.3 is 9.73 Å². The van der Waals surface area contributed by atoms with Gasteiger partial charge in [-0.2, -0.15) is 10.5 Å². The average Bonchev–Trinajstić information content (AvgIpc) is 3.35. The van der Waals surface area contributed by atoms with Crippen molar-refractivity contribution < 1.29 is 9.21 Å². The number of nitrogens with zero attached hydrogens (tertiary/aromatic N) is 2. The third-order valence-electron chi connectivity index (χ3n) is 4.99. The Labute approximate surface area is 193 Å². The fourth-order valence-corrected chi connectivity index (χ4v) is 5.23. The molecule has 0 unspecified atom stereocenters. The van der Waals surface area contributed by atoms with Gasteiger partial charge in [-0.25, -0.2) is 0 Å². The molecule has 0 atom stereocenters. The van der Waals surface area contributed by atoms with E-state index in [2.05, 4.69) is 11.4 Å². The first-order chi connectivity index (χ1) is 15.0. The number of amides is 1. The summed E-state index contributed by atoms with van der Waals surface area (Å²) in [5, 5.41) is 23.2. The van der Waals surface area contributed by atoms with Gasteiger partial charge in [0.1, 0.15) is 34.2 Å². The Morgan fingerprint density at radius 3 is 2.71 bits per heavy atom. The highest BCUT2D eigenvalue weighted by molar-refractivity contribution is 7.16. The fourth-order valence-electron chi connectivity index (χ4n) is 3.50. The molecule has 0 radical (unpaired) electrons. The van der Waals surface area contributed by atoms with E-state index in [0.29, 0.717) is 37.7 Å². The molecule has 5 nitrogen and oxygen atoms in total. The summed E-state index contributed by atoms with van der Waals surface area (Å²) in [5.41, 5.74) is 2.05. The minimum Gasteiger partial charge on any atom is -0.457 e. The quantitative estimate of drug-likeness (QED) is 0.345. The van der Waals surface area contributed by atoms with Gasteiger partial charge in [-0.1, -0.05) is 23.2 Å². The molecule has 8 heteroatoms. The van der Waals surface area contributed by atoms with Crippen molar-refractivity contribution in [2.45, 2.75) is 25.7 Å². The lowest BCUT2D eigenvalue weighted by Crippen LogP contribution is -2.13. The molecule has 0 saturated heterocycles. The summed E-state index contributed by atoms with van der Waals surface area (Å²) in [4.78, 5) is 13.9. The molecule has 1 N–H and O–H groups in total. The molecule has 3 aromatic rings. The van der Waals surface area contributed by atoms with Crippen LogP contribution in [-0.4, -0.2) is 5.91 Å². The highest BCUT2D eigenvalue weighted by Crippen LogP contribution is 2.38. The van der Waals surface area contributed by atoms with Crippen LogP contribution in [0.3, 0.4) is 0 Å². The Kier molecular flexibility index (Phi) is 6.15. The Hall–Kier alpha value is -3.03. The topological polar surface area (TPSA) is 89.8 Å². The molecule has 4 rings (SSSR count). The van der Waals surface area contributed by atoms with Crippen molar-refractivity contribution in [1.82, 2.24) is 0 Å². The molecule has 0 aliphatic heterocycles. The zero-order chi connectivity index (χ0) is 22.0. The molecule has 0 saturated carbocycles. The molecule has 1 aliphatic rings. The number of thiophene rings is 1. The van der Waals surface area contributed by atoms with Crippen molar-refractivity contribution in [1.29, 1.82) is 10.5 Å². The third-order valence-corrected chi connectivity index (χ3v) is 6.74. The van der Waals surface area contributed by atoms with Crippen LogP contribution in [0.4, 0.5) is 5.00 Å². The molecular formula is C23H15Cl2N3O2S. The van der Waals surface area contributed by atoms with Crippen LogP contribution in [0.1, 0.15) is 34.6 Å². The third kappa shape index (κ3) is 4.38. The van der Waals surface area contributed by atoms with E-state index < -0.39 is 5.91 Å². The Balaban J connectivity index is 1.58. The number of hydrogen-bond acceptors (Lipinski definition) is 5. The second kappa shape index (κ2) is 8.99. The number of benzene rings is 1. The molecule has 31 heavy (non-hydrogen) atoms. The van der Waals surface area contributed by atoms with Gasteiger partial charge in [0, 0.05) is 21.5 Å². The van der Waals surface area contributed by atoms with Gasteiger partial charge in [-0.3, -0.25) is 4.79 Å². The lowest BCUT2D eigenvalue weighted by molar-refractivity contribution is -0.112. The molecule has 1 aromatic carbocycles. The van der Waals surface area contributed by atoms with Crippen molar-refractivity contribution in [2.75, 3.05) is 5.32 Å². The number of nitriles is 2. The van der Waals surface area contributed by atoms with E-state index in [1.807, 2.05) is 6.07 Å². The largest absolute Gasteiger partial charge is 0.457 e. The summed E-state index contributed by atoms with van der Waals surface area (Å²) < 4.78 is 5.75. The smallest absolute Gasteiger partial charge is 0.267 e. The fraction of sp³-hybridized carbons (Fsp3) is 0.174. The SMILES string of the molecule is N#C/C(=C/c1ccc(-c2ccc(Cl)cc2Cl)o1)C(=O)Nc1sc2c(c1C#N)CCCC2. The van der Waals surface area contributed by atoms with Gasteiger partial charge in [0.25, 0.3) is 5.91 Å². The number of carbonyl (C=O) groups is 1. The number of rotatable bonds is 4. The van der Waals surface area contributed by atoms with Crippen molar-refractivity contribution in [3.05, 3.63) is 67.7 Å². The number of fused-ring (bicyclic) bond motifs is 1. The maximum Gasteiger partial charge on any atom is 0.267 e. The molecule has 2 aromatic heterocycles. The van der Waals surface area contributed by atoms with Crippen LogP contribution in [0.15, 0.2) is 40.3 Å². The standard InChI is InChI=1S/C23H15Cl2N3O2S/c24-14-5-7-17(19(25)10-14)20-8-6-15(30-20)9-13(11-26)22(29)28-23-18(12-27)16-3-1-2-4-21(16)31-23/h5-10H,1-4H2,(H,28,29)/b13-9-. The molecule has 1 amide bonds. The van der Waals surface area contributed by atoms with Gasteiger partial charge in [0.2, 0.25) is 0 Å². The highest BCUT2D eigenvalue weighted by Gasteiger charge is 2.23. The van der Waals surface area contributed by atoms with Crippen LogP contribution in [-0.2, 0) is 17.6 Å². The summed E-state index contributed by atoms with van der Waals surface area (Å²) in [6.07, 6.45) is 5.23. The summed E-state index contributed by atoms with van der Waals surface area (Å²) in [6, 6.07) is 12.5. The summed E-state index contributed by atoms with van der Waals surface area (Å²) in [6.45, 7) is 0. The van der Waals surface area contributed by atoms with Crippen LogP contribution >= 0.6 is 34.5 Å². The van der Waals surface area contributed by atoms with E-state index in [9.17, 15) is 15.3 Å². The highest BCUT2D eigenvalue weighted by atomic mass is 35.5. The number of aryl methyl sites for hydroxylation is 1. The maximum atomic E-state index is 12.7. The van der Waals surface area contributed by atoms with Crippen LogP contribution in [0.25, 0.3) is 17.4 Å². The summed E-state index contributed by atoms with van der Waals surface area (Å²) in [5.74, 6) is 0.238. The van der Waals surface area contributed by atoms with E-state index in [1.165, 1.54) is 17.4 Å². The first-order valence-corrected chi connectivity index (χ1v) is 11.1. The van der Waals surface area contributed by atoms with Gasteiger partial charge in [-0.05, 0) is 61.6 Å². The molecule has 0 fully saturated rings. The van der Waals surface area contributed by atoms with E-state index in [0.717, 1.165) is 36.1 Å². The maximum absolute atomic E-state index is 12.7. The van der Waals surface area contributed by atoms with Gasteiger partial charge in [0.15, 0.2) is 0 Å². The second-order valence-corrected chi connectivity index (χ2v) is 8.93. The molecule has 0 spiro atoms. The predicted octanol–water partition coefficient (Wildman–Crippen LogP) is 6.61. The lowest BCUT2D eigenvalue weighted by Gasteiger charge is -2.09. The van der Waals surface area contributed by atoms with Crippen LogP contribution in [0.5, 0.6) is 0 Å². The van der Waals surface area contributed by atoms with E-state index in [1.54, 1.807) is 30.3 Å². The van der Waals surface area contributed by atoms with Crippen LogP contribution in [0.2, 0.25) is 10.0 Å². The molecule has 0 bridgehead atoms. The summed E-state index contributed by atoms with van der Waals surface area (Å²) >= 11 is 13.6. The first kappa shape index (κ1) is 21.2. The zero-order valence-corrected chi connectivity index (χ0v) is 18.5. The minimum absolute atomic E-state index is 0.127. The minimum atomic E-state index is -0.583. The first-order valence-electron chi connectivity index (χ1n) is 9.53. The number of nitrogens with one attached hydrogen (secondary N) is 1. The normalized spacial score (nSPS) is 13.2. The molecule has 2 heterocycles. The van der Waals surface area contributed by atoms with Gasteiger partial charge >= 0.3 is 0 Å². The van der Waals surface area contributed by atoms with Gasteiger partial charge in [0.05, 0.1) is 10.6 Å². The van der Waals surface area contributed by atoms with Gasteiger partial charge in [-0.15, -0.1) is 11.3 Å². The number of halogens is 2. The van der Waals surface area contributed by atoms with Crippen molar-refractivity contribution in [3.63, 3.8) is 0 Å². The Bertz CT molecular complexity index is 1290. The lowest BCUT2D eigenvalue weighted by atomic mass is 9.96. The van der Waals surface area contributed by atoms with Crippen molar-refractivity contribution in [3.8, 4) is 23.5 Å². The van der Waals surface area contributed by atoms with E-state index in [-0.39, 0.29) is 5.57 Å². The molecule has 154 valence electrons. The van der Waals surface area contributed by atoms with Crippen LogP contribution in [0, 0.1) is 22.7 Å². The van der Waals surface area contributed by atoms with E-state index in [4.69, 9.17) is 27.6 Å². The second-order valence-electron chi connectivity index (χ2n) is 6.98. The number of furan rings is 1. The monoisotopic (exact) mass is 467 g/mol. The Morgan fingerprint density at radius 1 is 1.16 bits per heavy atom. The van der Waals surface area contributed by atoms with Crippen LogP contribution < -0.4 is 5.32 Å². The molecule has 1 aliphatic carbocycles. The predicted molar refractivity (Wildman–Crippen MR) is 122 cm³/mol. The average molecular weight is 468 g/mol.